The second-order valence-corrected chi connectivity index (χ2v) is 12.5. The summed E-state index contributed by atoms with van der Waals surface area (Å²) in [4.78, 5) is 25.1. The van der Waals surface area contributed by atoms with Crippen LogP contribution < -0.4 is 29.3 Å². The molecule has 0 spiro atoms. The molecule has 9 heteroatoms. The number of carbonyl (C=O) groups is 2. The SMILES string of the molecule is CC(C)(C)OC(=O)NCC(C)(C)C(=O)OC[N+]1(CCOC(c2ccccc2)c2ccc(Cl)cc2)CCCCC1.[I-]. The van der Waals surface area contributed by atoms with Crippen LogP contribution in [0.15, 0.2) is 54.6 Å². The maximum absolute atomic E-state index is 13.1. The maximum atomic E-state index is 13.1. The van der Waals surface area contributed by atoms with E-state index in [1.54, 1.807) is 34.6 Å². The molecule has 1 saturated heterocycles. The molecule has 2 aromatic rings. The molecule has 2 aromatic carbocycles. The van der Waals surface area contributed by atoms with E-state index in [4.69, 9.17) is 25.8 Å². The van der Waals surface area contributed by atoms with Crippen LogP contribution in [0.4, 0.5) is 4.79 Å². The Morgan fingerprint density at radius 2 is 1.52 bits per heavy atom. The summed E-state index contributed by atoms with van der Waals surface area (Å²) in [5.74, 6) is -0.342. The van der Waals surface area contributed by atoms with Crippen LogP contribution in [-0.4, -0.2) is 61.7 Å². The van der Waals surface area contributed by atoms with Gasteiger partial charge in [0.05, 0.1) is 25.1 Å². The van der Waals surface area contributed by atoms with Crippen molar-refractivity contribution >= 4 is 23.7 Å². The topological polar surface area (TPSA) is 73.9 Å². The lowest BCUT2D eigenvalue weighted by Gasteiger charge is -2.41. The molecule has 1 unspecified atom stereocenters. The second kappa shape index (κ2) is 15.4. The van der Waals surface area contributed by atoms with Gasteiger partial charge in [0.15, 0.2) is 0 Å². The molecule has 40 heavy (non-hydrogen) atoms. The van der Waals surface area contributed by atoms with Crippen LogP contribution in [-0.2, 0) is 19.0 Å². The second-order valence-electron chi connectivity index (χ2n) is 12.1. The van der Waals surface area contributed by atoms with Crippen molar-refractivity contribution in [3.8, 4) is 0 Å². The van der Waals surface area contributed by atoms with Gasteiger partial charge in [-0.2, -0.15) is 0 Å². The molecule has 1 aliphatic heterocycles. The molecule has 1 amide bonds. The zero-order valence-electron chi connectivity index (χ0n) is 24.4. The van der Waals surface area contributed by atoms with Gasteiger partial charge in [-0.25, -0.2) is 4.79 Å². The van der Waals surface area contributed by atoms with Crippen LogP contribution in [0.2, 0.25) is 5.02 Å². The van der Waals surface area contributed by atoms with Crippen molar-refractivity contribution in [2.45, 2.75) is 65.6 Å². The van der Waals surface area contributed by atoms with Gasteiger partial charge in [-0.3, -0.25) is 9.28 Å². The van der Waals surface area contributed by atoms with Crippen LogP contribution in [0.3, 0.4) is 0 Å². The predicted octanol–water partition coefficient (Wildman–Crippen LogP) is 3.50. The van der Waals surface area contributed by atoms with E-state index in [1.807, 2.05) is 42.5 Å². The van der Waals surface area contributed by atoms with E-state index >= 15 is 0 Å². The lowest BCUT2D eigenvalue weighted by molar-refractivity contribution is -0.948. The van der Waals surface area contributed by atoms with E-state index in [0.29, 0.717) is 16.1 Å². The number of halogens is 2. The van der Waals surface area contributed by atoms with Gasteiger partial charge in [0.2, 0.25) is 6.73 Å². The highest BCUT2D eigenvalue weighted by Gasteiger charge is 2.36. The predicted molar refractivity (Wildman–Crippen MR) is 153 cm³/mol. The van der Waals surface area contributed by atoms with Crippen LogP contribution in [0, 0.1) is 5.41 Å². The summed E-state index contributed by atoms with van der Waals surface area (Å²) < 4.78 is 18.4. The number of hydrogen-bond donors (Lipinski definition) is 1. The molecule has 0 bridgehead atoms. The van der Waals surface area contributed by atoms with Crippen LogP contribution in [0.25, 0.3) is 0 Å². The first kappa shape index (κ1) is 34.3. The van der Waals surface area contributed by atoms with E-state index < -0.39 is 17.1 Å². The van der Waals surface area contributed by atoms with Gasteiger partial charge in [-0.1, -0.05) is 54.1 Å². The van der Waals surface area contributed by atoms with Gasteiger partial charge in [-0.15, -0.1) is 0 Å². The highest BCUT2D eigenvalue weighted by Crippen LogP contribution is 2.28. The van der Waals surface area contributed by atoms with E-state index in [9.17, 15) is 9.59 Å². The first-order chi connectivity index (χ1) is 18.4. The van der Waals surface area contributed by atoms with Gasteiger partial charge in [0.1, 0.15) is 18.2 Å². The molecule has 3 rings (SSSR count). The number of likely N-dealkylation sites (tertiary alicyclic amines) is 1. The first-order valence-electron chi connectivity index (χ1n) is 13.8. The minimum atomic E-state index is -0.889. The van der Waals surface area contributed by atoms with Crippen molar-refractivity contribution in [1.29, 1.82) is 0 Å². The van der Waals surface area contributed by atoms with Crippen molar-refractivity contribution in [3.63, 3.8) is 0 Å². The number of nitrogens with one attached hydrogen (secondary N) is 1. The highest BCUT2D eigenvalue weighted by molar-refractivity contribution is 6.30. The monoisotopic (exact) mass is 686 g/mol. The molecule has 0 aliphatic carbocycles. The summed E-state index contributed by atoms with van der Waals surface area (Å²) in [6.45, 7) is 12.5. The standard InChI is InChI=1S/C31H43ClN2O5.HI/c1-30(2,3)39-29(36)33-22-31(4,5)28(35)38-23-34(18-10-7-11-19-34)20-21-37-27(24-12-8-6-9-13-24)25-14-16-26(32)17-15-25;/h6,8-9,12-17,27H,7,10-11,18-23H2,1-5H3;1H. The maximum Gasteiger partial charge on any atom is 0.407 e. The summed E-state index contributed by atoms with van der Waals surface area (Å²) in [5, 5.41) is 3.38. The Morgan fingerprint density at radius 1 is 0.925 bits per heavy atom. The fourth-order valence-corrected chi connectivity index (χ4v) is 4.81. The molecular formula is C31H44ClIN2O5. The minimum absolute atomic E-state index is 0. The zero-order chi connectivity index (χ0) is 28.5. The summed E-state index contributed by atoms with van der Waals surface area (Å²) in [6.07, 6.45) is 2.58. The van der Waals surface area contributed by atoms with E-state index in [2.05, 4.69) is 17.4 Å². The molecule has 1 heterocycles. The van der Waals surface area contributed by atoms with Crippen molar-refractivity contribution in [3.05, 3.63) is 70.7 Å². The van der Waals surface area contributed by atoms with Crippen LogP contribution >= 0.6 is 11.6 Å². The molecule has 1 N–H and O–H groups in total. The highest BCUT2D eigenvalue weighted by atomic mass is 127. The summed E-state index contributed by atoms with van der Waals surface area (Å²) in [5.41, 5.74) is 0.631. The summed E-state index contributed by atoms with van der Waals surface area (Å²) in [6, 6.07) is 17.9. The average molecular weight is 687 g/mol. The third kappa shape index (κ3) is 10.8. The molecule has 1 fully saturated rings. The van der Waals surface area contributed by atoms with Crippen molar-refractivity contribution in [2.24, 2.45) is 5.41 Å². The molecule has 0 aromatic heterocycles. The molecular weight excluding hydrogens is 643 g/mol. The van der Waals surface area contributed by atoms with Crippen LogP contribution in [0.1, 0.15) is 71.1 Å². The molecule has 7 nitrogen and oxygen atoms in total. The number of nitrogens with zero attached hydrogens (tertiary/aromatic N) is 1. The Kier molecular flexibility index (Phi) is 13.2. The molecule has 1 aliphatic rings. The number of hydrogen-bond acceptors (Lipinski definition) is 5. The van der Waals surface area contributed by atoms with E-state index in [-0.39, 0.29) is 49.3 Å². The fraction of sp³-hybridized carbons (Fsp3) is 0.548. The normalized spacial score (nSPS) is 15.8. The van der Waals surface area contributed by atoms with Gasteiger partial charge in [0.25, 0.3) is 0 Å². The lowest BCUT2D eigenvalue weighted by atomic mass is 9.94. The van der Waals surface area contributed by atoms with Crippen molar-refractivity contribution in [2.75, 3.05) is 39.5 Å². The van der Waals surface area contributed by atoms with Gasteiger partial charge < -0.3 is 43.5 Å². The third-order valence-electron chi connectivity index (χ3n) is 6.99. The number of ether oxygens (including phenoxy) is 3. The van der Waals surface area contributed by atoms with Gasteiger partial charge >= 0.3 is 12.1 Å². The molecule has 222 valence electrons. The number of carbonyl (C=O) groups excluding carboxylic acids is 2. The average Bonchev–Trinajstić information content (AvgIpc) is 2.89. The summed E-state index contributed by atoms with van der Waals surface area (Å²) in [7, 11) is 0. The minimum Gasteiger partial charge on any atom is -1.00 e. The number of benzene rings is 2. The smallest absolute Gasteiger partial charge is 0.407 e. The first-order valence-corrected chi connectivity index (χ1v) is 14.2. The Labute approximate surface area is 261 Å². The van der Waals surface area contributed by atoms with Crippen molar-refractivity contribution in [1.82, 2.24) is 5.32 Å². The third-order valence-corrected chi connectivity index (χ3v) is 7.24. The summed E-state index contributed by atoms with van der Waals surface area (Å²) >= 11 is 6.13. The largest absolute Gasteiger partial charge is 1.00 e. The van der Waals surface area contributed by atoms with Crippen molar-refractivity contribution < 1.29 is 52.3 Å². The quantitative estimate of drug-likeness (QED) is 0.223. The lowest BCUT2D eigenvalue weighted by Crippen LogP contribution is -3.00. The molecule has 1 atom stereocenters. The zero-order valence-corrected chi connectivity index (χ0v) is 27.3. The van der Waals surface area contributed by atoms with E-state index in [1.165, 1.54) is 6.42 Å². The number of alkyl carbamates (subject to hydrolysis) is 1. The number of rotatable bonds is 11. The number of esters is 1. The number of piperidine rings is 1. The Morgan fingerprint density at radius 3 is 2.12 bits per heavy atom. The number of quaternary nitrogens is 1. The van der Waals surface area contributed by atoms with Gasteiger partial charge in [-0.05, 0) is 77.1 Å². The molecule has 0 saturated carbocycles. The van der Waals surface area contributed by atoms with E-state index in [0.717, 1.165) is 43.6 Å². The Hall–Kier alpha value is -1.88. The fourth-order valence-electron chi connectivity index (χ4n) is 4.69. The Bertz CT molecular complexity index is 1070. The van der Waals surface area contributed by atoms with Crippen LogP contribution in [0.5, 0.6) is 0 Å². The number of amides is 1. The Balaban J connectivity index is 0.00000560. The molecule has 0 radical (unpaired) electrons. The van der Waals surface area contributed by atoms with Gasteiger partial charge in [0, 0.05) is 11.6 Å².